The van der Waals surface area contributed by atoms with Gasteiger partial charge < -0.3 is 0 Å². The molecule has 104 valence electrons. The Morgan fingerprint density at radius 3 is 2.42 bits per heavy atom. The summed E-state index contributed by atoms with van der Waals surface area (Å²) in [6, 6.07) is 0. The van der Waals surface area contributed by atoms with Gasteiger partial charge in [-0.15, -0.1) is 12.3 Å². The average Bonchev–Trinajstić information content (AvgIpc) is 2.40. The molecule has 0 aromatic carbocycles. The lowest BCUT2D eigenvalue weighted by Crippen LogP contribution is -1.94. The van der Waals surface area contributed by atoms with Gasteiger partial charge in [0.1, 0.15) is 0 Å². The minimum Gasteiger partial charge on any atom is -0.121 e. The molecule has 0 bridgehead atoms. The van der Waals surface area contributed by atoms with Crippen molar-refractivity contribution in [1.29, 1.82) is 0 Å². The third-order valence-corrected chi connectivity index (χ3v) is 2.76. The van der Waals surface area contributed by atoms with E-state index >= 15 is 0 Å². The second kappa shape index (κ2) is 11.6. The topological polar surface area (TPSA) is 0 Å². The van der Waals surface area contributed by atoms with Gasteiger partial charge in [0.25, 0.3) is 0 Å². The van der Waals surface area contributed by atoms with Crippen LogP contribution in [0.3, 0.4) is 0 Å². The van der Waals surface area contributed by atoms with Gasteiger partial charge in [-0.05, 0) is 50.3 Å². The standard InChI is InChI=1S/C19H28/c1-6-11-16-19(17(12-7-2)13-8-3)18(14-9-4)15-10-5/h6-8,11,14,16H,2,9-10,12,15H2,1,3-5H3. The Kier molecular flexibility index (Phi) is 10.6. The number of hydrogen-bond donors (Lipinski definition) is 0. The monoisotopic (exact) mass is 256 g/mol. The van der Waals surface area contributed by atoms with Crippen LogP contribution in [0.15, 0.2) is 65.5 Å². The summed E-state index contributed by atoms with van der Waals surface area (Å²) < 4.78 is 0. The molecule has 0 aliphatic rings. The molecule has 19 heavy (non-hydrogen) atoms. The van der Waals surface area contributed by atoms with E-state index in [4.69, 9.17) is 0 Å². The highest BCUT2D eigenvalue weighted by Crippen LogP contribution is 2.26. The van der Waals surface area contributed by atoms with E-state index in [1.807, 2.05) is 26.0 Å². The normalized spacial score (nSPS) is 12.4. The molecule has 0 heteroatoms. The molecule has 0 aliphatic carbocycles. The van der Waals surface area contributed by atoms with Crippen LogP contribution in [0.2, 0.25) is 0 Å². The Morgan fingerprint density at radius 1 is 1.21 bits per heavy atom. The molecule has 0 amide bonds. The summed E-state index contributed by atoms with van der Waals surface area (Å²) in [7, 11) is 0. The highest BCUT2D eigenvalue weighted by molar-refractivity contribution is 5.48. The Bertz CT molecular complexity index is 407. The lowest BCUT2D eigenvalue weighted by Gasteiger charge is -2.13. The summed E-state index contributed by atoms with van der Waals surface area (Å²) in [6.07, 6.45) is 16.8. The second-order valence-electron chi connectivity index (χ2n) is 4.40. The fourth-order valence-electron chi connectivity index (χ4n) is 2.02. The summed E-state index contributed by atoms with van der Waals surface area (Å²) >= 11 is 0. The van der Waals surface area contributed by atoms with Crippen molar-refractivity contribution >= 4 is 0 Å². The van der Waals surface area contributed by atoms with Gasteiger partial charge in [-0.25, -0.2) is 0 Å². The van der Waals surface area contributed by atoms with E-state index in [0.29, 0.717) is 0 Å². The summed E-state index contributed by atoms with van der Waals surface area (Å²) in [5, 5.41) is 0. The summed E-state index contributed by atoms with van der Waals surface area (Å²) in [5.41, 5.74) is 7.32. The molecule has 0 fully saturated rings. The number of allylic oxidation sites excluding steroid dienone is 8. The molecule has 0 unspecified atom stereocenters. The third kappa shape index (κ3) is 6.84. The van der Waals surface area contributed by atoms with Crippen LogP contribution in [0.5, 0.6) is 0 Å². The predicted molar refractivity (Wildman–Crippen MR) is 88.3 cm³/mol. The van der Waals surface area contributed by atoms with Crippen molar-refractivity contribution in [1.82, 2.24) is 0 Å². The highest BCUT2D eigenvalue weighted by Gasteiger charge is 2.08. The van der Waals surface area contributed by atoms with Crippen LogP contribution in [-0.4, -0.2) is 0 Å². The summed E-state index contributed by atoms with van der Waals surface area (Å²) in [6.45, 7) is 12.3. The van der Waals surface area contributed by atoms with Crippen LogP contribution in [0.25, 0.3) is 0 Å². The first-order chi connectivity index (χ1) is 9.24. The fraction of sp³-hybridized carbons (Fsp3) is 0.421. The summed E-state index contributed by atoms with van der Waals surface area (Å²) in [4.78, 5) is 0. The van der Waals surface area contributed by atoms with Gasteiger partial charge in [-0.1, -0.05) is 50.6 Å². The van der Waals surface area contributed by atoms with E-state index < -0.39 is 0 Å². The molecule has 0 rings (SSSR count). The van der Waals surface area contributed by atoms with Crippen molar-refractivity contribution in [3.05, 3.63) is 65.5 Å². The molecular weight excluding hydrogens is 228 g/mol. The maximum atomic E-state index is 3.86. The summed E-state index contributed by atoms with van der Waals surface area (Å²) in [5.74, 6) is 0. The van der Waals surface area contributed by atoms with E-state index in [1.54, 1.807) is 0 Å². The van der Waals surface area contributed by atoms with Gasteiger partial charge in [0.2, 0.25) is 0 Å². The van der Waals surface area contributed by atoms with Crippen LogP contribution in [0.1, 0.15) is 53.4 Å². The van der Waals surface area contributed by atoms with Crippen molar-refractivity contribution < 1.29 is 0 Å². The minimum atomic E-state index is 0.860. The van der Waals surface area contributed by atoms with Crippen LogP contribution >= 0.6 is 0 Å². The van der Waals surface area contributed by atoms with Gasteiger partial charge in [0, 0.05) is 5.57 Å². The molecule has 0 heterocycles. The molecule has 0 radical (unpaired) electrons. The third-order valence-electron chi connectivity index (χ3n) is 2.76. The minimum absolute atomic E-state index is 0.860. The molecule has 0 aromatic rings. The smallest absolute Gasteiger partial charge is 0.00488 e. The Labute approximate surface area is 119 Å². The van der Waals surface area contributed by atoms with Crippen molar-refractivity contribution in [2.24, 2.45) is 0 Å². The molecular formula is C19H28. The lowest BCUT2D eigenvalue weighted by atomic mass is 9.91. The zero-order valence-corrected chi connectivity index (χ0v) is 13.0. The van der Waals surface area contributed by atoms with Gasteiger partial charge >= 0.3 is 0 Å². The predicted octanol–water partition coefficient (Wildman–Crippen LogP) is 6.30. The molecule has 0 saturated heterocycles. The van der Waals surface area contributed by atoms with Gasteiger partial charge in [-0.3, -0.25) is 0 Å². The first-order valence-corrected chi connectivity index (χ1v) is 7.28. The zero-order valence-electron chi connectivity index (χ0n) is 13.0. The Morgan fingerprint density at radius 2 is 1.95 bits per heavy atom. The van der Waals surface area contributed by atoms with Gasteiger partial charge in [0.05, 0.1) is 0 Å². The van der Waals surface area contributed by atoms with Crippen molar-refractivity contribution in [2.45, 2.75) is 53.4 Å². The largest absolute Gasteiger partial charge is 0.121 e. The molecule has 0 aliphatic heterocycles. The van der Waals surface area contributed by atoms with Crippen molar-refractivity contribution in [3.63, 3.8) is 0 Å². The molecule has 0 aromatic heterocycles. The van der Waals surface area contributed by atoms with Crippen molar-refractivity contribution in [2.75, 3.05) is 0 Å². The maximum absolute atomic E-state index is 3.86. The van der Waals surface area contributed by atoms with Crippen LogP contribution in [0, 0.1) is 0 Å². The van der Waals surface area contributed by atoms with E-state index in [2.05, 4.69) is 50.5 Å². The maximum Gasteiger partial charge on any atom is 0.00488 e. The SMILES string of the molecule is C=CCC(=C=CC)C(=CC=CC)C(=CCC)CCC. The Hall–Kier alpha value is -1.52. The van der Waals surface area contributed by atoms with Crippen LogP contribution in [-0.2, 0) is 0 Å². The quantitative estimate of drug-likeness (QED) is 0.271. The Balaban J connectivity index is 5.70. The first-order valence-electron chi connectivity index (χ1n) is 7.28. The van der Waals surface area contributed by atoms with Crippen molar-refractivity contribution in [3.8, 4) is 0 Å². The van der Waals surface area contributed by atoms with E-state index in [1.165, 1.54) is 16.7 Å². The highest BCUT2D eigenvalue weighted by atomic mass is 14.1. The first kappa shape index (κ1) is 17.5. The molecule has 0 N–H and O–H groups in total. The van der Waals surface area contributed by atoms with E-state index in [0.717, 1.165) is 25.7 Å². The molecule has 0 atom stereocenters. The van der Waals surface area contributed by atoms with Crippen LogP contribution < -0.4 is 0 Å². The molecule has 0 nitrogen and oxygen atoms in total. The number of rotatable bonds is 8. The lowest BCUT2D eigenvalue weighted by molar-refractivity contribution is 0.902. The zero-order chi connectivity index (χ0) is 14.5. The second-order valence-corrected chi connectivity index (χ2v) is 4.40. The van der Waals surface area contributed by atoms with Gasteiger partial charge in [-0.2, -0.15) is 0 Å². The van der Waals surface area contributed by atoms with E-state index in [9.17, 15) is 0 Å². The molecule has 0 spiro atoms. The van der Waals surface area contributed by atoms with Crippen LogP contribution in [0.4, 0.5) is 0 Å². The average molecular weight is 256 g/mol. The van der Waals surface area contributed by atoms with Gasteiger partial charge in [0.15, 0.2) is 0 Å². The number of hydrogen-bond acceptors (Lipinski definition) is 0. The van der Waals surface area contributed by atoms with E-state index in [-0.39, 0.29) is 0 Å². The fourth-order valence-corrected chi connectivity index (χ4v) is 2.02. The molecule has 0 saturated carbocycles.